The highest BCUT2D eigenvalue weighted by atomic mass is 19.1. The van der Waals surface area contributed by atoms with Crippen molar-refractivity contribution in [2.45, 2.75) is 79.7 Å². The maximum Gasteiger partial charge on any atom is 0.309 e. The Morgan fingerprint density at radius 2 is 1.82 bits per heavy atom. The largest absolute Gasteiger partial charge is 0.460 e. The predicted octanol–water partition coefficient (Wildman–Crippen LogP) is 5.03. The summed E-state index contributed by atoms with van der Waals surface area (Å²) in [5.41, 5.74) is 3.23. The lowest BCUT2D eigenvalue weighted by molar-refractivity contribution is -0.149. The summed E-state index contributed by atoms with van der Waals surface area (Å²) in [6.45, 7) is 15.0. The van der Waals surface area contributed by atoms with E-state index in [0.717, 1.165) is 29.6 Å². The second-order valence-corrected chi connectivity index (χ2v) is 12.1. The van der Waals surface area contributed by atoms with Gasteiger partial charge in [0, 0.05) is 36.7 Å². The zero-order chi connectivity index (χ0) is 28.2. The Bertz CT molecular complexity index is 1520. The number of fused-ring (bicyclic) bond motifs is 5. The van der Waals surface area contributed by atoms with Crippen molar-refractivity contribution in [1.82, 2.24) is 14.5 Å². The van der Waals surface area contributed by atoms with E-state index in [1.54, 1.807) is 24.5 Å². The van der Waals surface area contributed by atoms with Gasteiger partial charge in [-0.2, -0.15) is 0 Å². The number of carbonyl (C=O) groups is 1. The molecule has 2 aliphatic heterocycles. The minimum atomic E-state index is -1.51. The highest BCUT2D eigenvalue weighted by Crippen LogP contribution is 2.41. The molecule has 3 aromatic rings. The third kappa shape index (κ3) is 4.89. The molecule has 0 amide bonds. The third-order valence-corrected chi connectivity index (χ3v) is 7.97. The van der Waals surface area contributed by atoms with E-state index in [2.05, 4.69) is 32.6 Å². The molecule has 1 N–H and O–H groups in total. The average molecular weight is 536 g/mol. The summed E-state index contributed by atoms with van der Waals surface area (Å²) in [5.74, 6) is 0.0755. The van der Waals surface area contributed by atoms with Crippen LogP contribution in [0.4, 0.5) is 4.39 Å². The van der Waals surface area contributed by atoms with Crippen LogP contribution in [0.25, 0.3) is 22.3 Å². The van der Waals surface area contributed by atoms with Crippen LogP contribution < -0.4 is 5.56 Å². The summed E-state index contributed by atoms with van der Waals surface area (Å²) in [6.07, 6.45) is 0.0393. The van der Waals surface area contributed by atoms with Crippen LogP contribution in [-0.4, -0.2) is 38.6 Å². The Labute approximate surface area is 228 Å². The number of hydrogen-bond acceptors (Lipinski definition) is 6. The lowest BCUT2D eigenvalue weighted by Gasteiger charge is -2.27. The number of benzene rings is 1. The van der Waals surface area contributed by atoms with Crippen molar-refractivity contribution >= 4 is 16.9 Å². The molecule has 39 heavy (non-hydrogen) atoms. The number of aromatic nitrogens is 2. The number of rotatable bonds is 7. The fraction of sp³-hybridized carbons (Fsp3) is 0.516. The number of ether oxygens (including phenoxy) is 1. The van der Waals surface area contributed by atoms with Gasteiger partial charge < -0.3 is 14.4 Å². The fourth-order valence-electron chi connectivity index (χ4n) is 6.13. The number of cyclic esters (lactones) is 1. The first-order chi connectivity index (χ1) is 18.4. The normalized spacial score (nSPS) is 18.5. The van der Waals surface area contributed by atoms with E-state index in [1.165, 1.54) is 6.07 Å². The Hall–Kier alpha value is -3.10. The van der Waals surface area contributed by atoms with Gasteiger partial charge in [-0.05, 0) is 54.0 Å². The Morgan fingerprint density at radius 3 is 2.46 bits per heavy atom. The van der Waals surface area contributed by atoms with Crippen LogP contribution in [0, 0.1) is 24.6 Å². The van der Waals surface area contributed by atoms with Crippen LogP contribution in [0.2, 0.25) is 0 Å². The van der Waals surface area contributed by atoms with Gasteiger partial charge in [-0.1, -0.05) is 34.6 Å². The summed E-state index contributed by atoms with van der Waals surface area (Å²) >= 11 is 0. The van der Waals surface area contributed by atoms with E-state index in [4.69, 9.17) is 9.72 Å². The summed E-state index contributed by atoms with van der Waals surface area (Å²) in [5, 5.41) is 12.3. The molecule has 1 atom stereocenters. The molecule has 7 nitrogen and oxygen atoms in total. The van der Waals surface area contributed by atoms with Gasteiger partial charge in [0.2, 0.25) is 0 Å². The van der Waals surface area contributed by atoms with Crippen LogP contribution in [0.15, 0.2) is 23.0 Å². The van der Waals surface area contributed by atoms with Crippen molar-refractivity contribution < 1.29 is 19.0 Å². The molecule has 0 spiro atoms. The number of esters is 1. The summed E-state index contributed by atoms with van der Waals surface area (Å²) in [7, 11) is 0. The molecule has 4 heterocycles. The Morgan fingerprint density at radius 1 is 1.13 bits per heavy atom. The van der Waals surface area contributed by atoms with E-state index >= 15 is 0 Å². The van der Waals surface area contributed by atoms with Crippen LogP contribution in [0.3, 0.4) is 0 Å². The minimum absolute atomic E-state index is 0.171. The minimum Gasteiger partial charge on any atom is -0.460 e. The lowest BCUT2D eigenvalue weighted by atomic mass is 9.85. The molecule has 5 rings (SSSR count). The second-order valence-electron chi connectivity index (χ2n) is 12.1. The molecule has 0 saturated carbocycles. The van der Waals surface area contributed by atoms with Crippen molar-refractivity contribution in [3.05, 3.63) is 62.2 Å². The highest BCUT2D eigenvalue weighted by molar-refractivity contribution is 5.88. The van der Waals surface area contributed by atoms with Gasteiger partial charge in [-0.3, -0.25) is 14.5 Å². The summed E-state index contributed by atoms with van der Waals surface area (Å²) in [6, 6.07) is 5.14. The predicted molar refractivity (Wildman–Crippen MR) is 149 cm³/mol. The number of halogens is 1. The fourth-order valence-corrected chi connectivity index (χ4v) is 6.13. The first-order valence-corrected chi connectivity index (χ1v) is 13.9. The van der Waals surface area contributed by atoms with Crippen molar-refractivity contribution in [2.24, 2.45) is 11.8 Å². The van der Waals surface area contributed by atoms with Crippen LogP contribution in [-0.2, 0) is 34.8 Å². The molecule has 0 radical (unpaired) electrons. The SMILES string of the molecule is CCC1(O)CC(=O)OCc2c1cc1n(c2=O)Cc2c-1nc1cc(F)c(C)cc1c2CN(CC(C)C)CC(C)C. The number of pyridine rings is 2. The van der Waals surface area contributed by atoms with Gasteiger partial charge in [-0.25, -0.2) is 9.37 Å². The molecule has 208 valence electrons. The van der Waals surface area contributed by atoms with Crippen molar-refractivity contribution in [2.75, 3.05) is 13.1 Å². The van der Waals surface area contributed by atoms with Crippen molar-refractivity contribution in [3.8, 4) is 11.4 Å². The summed E-state index contributed by atoms with van der Waals surface area (Å²) in [4.78, 5) is 33.4. The number of aryl methyl sites for hydroxylation is 1. The first kappa shape index (κ1) is 27.5. The number of aliphatic hydroxyl groups is 1. The van der Waals surface area contributed by atoms with Crippen molar-refractivity contribution in [1.29, 1.82) is 0 Å². The Balaban J connectivity index is 1.75. The number of hydrogen-bond donors (Lipinski definition) is 1. The molecule has 1 unspecified atom stereocenters. The van der Waals surface area contributed by atoms with Crippen LogP contribution >= 0.6 is 0 Å². The van der Waals surface area contributed by atoms with Gasteiger partial charge in [0.15, 0.2) is 0 Å². The quantitative estimate of drug-likeness (QED) is 0.334. The average Bonchev–Trinajstić information content (AvgIpc) is 3.15. The van der Waals surface area contributed by atoms with Crippen LogP contribution in [0.5, 0.6) is 0 Å². The van der Waals surface area contributed by atoms with E-state index in [1.807, 2.05) is 6.07 Å². The van der Waals surface area contributed by atoms with E-state index in [0.29, 0.717) is 58.5 Å². The van der Waals surface area contributed by atoms with E-state index in [-0.39, 0.29) is 30.8 Å². The third-order valence-electron chi connectivity index (χ3n) is 7.97. The van der Waals surface area contributed by atoms with Gasteiger partial charge in [0.05, 0.1) is 35.4 Å². The lowest BCUT2D eigenvalue weighted by Crippen LogP contribution is -2.32. The monoisotopic (exact) mass is 535 g/mol. The van der Waals surface area contributed by atoms with Gasteiger partial charge >= 0.3 is 5.97 Å². The molecule has 1 aromatic carbocycles. The number of nitrogens with zero attached hydrogens (tertiary/aromatic N) is 3. The molecular weight excluding hydrogens is 497 g/mol. The van der Waals surface area contributed by atoms with Gasteiger partial charge in [0.25, 0.3) is 5.56 Å². The number of carbonyl (C=O) groups excluding carboxylic acids is 1. The smallest absolute Gasteiger partial charge is 0.309 e. The second kappa shape index (κ2) is 10.1. The molecular formula is C31H38FN3O4. The van der Waals surface area contributed by atoms with E-state index in [9.17, 15) is 19.1 Å². The molecule has 0 bridgehead atoms. The molecule has 2 aromatic heterocycles. The zero-order valence-corrected chi connectivity index (χ0v) is 23.7. The van der Waals surface area contributed by atoms with Crippen LogP contribution in [0.1, 0.15) is 75.3 Å². The van der Waals surface area contributed by atoms with Gasteiger partial charge in [0.1, 0.15) is 18.0 Å². The Kier molecular flexibility index (Phi) is 7.14. The molecule has 2 aliphatic rings. The zero-order valence-electron chi connectivity index (χ0n) is 23.7. The standard InChI is InChI=1S/C31H38FN3O4/c1-7-31(38)11-28(36)39-16-23-24(31)9-27-29-22(15-35(27)30(23)37)21(14-34(12-17(2)3)13-18(4)5)20-8-19(6)25(32)10-26(20)33-29/h8-10,17-18,38H,7,11-16H2,1-6H3. The molecule has 8 heteroatoms. The van der Waals surface area contributed by atoms with E-state index < -0.39 is 11.6 Å². The van der Waals surface area contributed by atoms with Gasteiger partial charge in [-0.15, -0.1) is 0 Å². The first-order valence-electron chi connectivity index (χ1n) is 13.9. The molecule has 0 fully saturated rings. The summed E-state index contributed by atoms with van der Waals surface area (Å²) < 4.78 is 21.7. The molecule has 0 aliphatic carbocycles. The maximum atomic E-state index is 14.8. The maximum absolute atomic E-state index is 14.8. The molecule has 0 saturated heterocycles. The highest BCUT2D eigenvalue weighted by Gasteiger charge is 2.40. The van der Waals surface area contributed by atoms with Crippen molar-refractivity contribution in [3.63, 3.8) is 0 Å². The topological polar surface area (TPSA) is 84.7 Å².